The lowest BCUT2D eigenvalue weighted by Gasteiger charge is -2.18. The van der Waals surface area contributed by atoms with Crippen molar-refractivity contribution in [2.75, 3.05) is 27.3 Å². The largest absolute Gasteiger partial charge is 0.493 e. The van der Waals surface area contributed by atoms with E-state index in [0.717, 1.165) is 12.8 Å². The molecule has 2 atom stereocenters. The Hall–Kier alpha value is -1.27. The van der Waals surface area contributed by atoms with Gasteiger partial charge in [0.25, 0.3) is 0 Å². The van der Waals surface area contributed by atoms with Crippen LogP contribution in [0.4, 0.5) is 0 Å². The summed E-state index contributed by atoms with van der Waals surface area (Å²) in [5.74, 6) is 2.06. The maximum atomic E-state index is 12.8. The van der Waals surface area contributed by atoms with Crippen LogP contribution in [0.3, 0.4) is 0 Å². The van der Waals surface area contributed by atoms with E-state index in [1.54, 1.807) is 22.5 Å². The summed E-state index contributed by atoms with van der Waals surface area (Å²) in [4.78, 5) is 0.278. The lowest BCUT2D eigenvalue weighted by molar-refractivity contribution is 0.353. The molecule has 1 aliphatic carbocycles. The highest BCUT2D eigenvalue weighted by Gasteiger charge is 2.41. The van der Waals surface area contributed by atoms with Gasteiger partial charge in [-0.05, 0) is 36.8 Å². The molecular weight excluding hydrogens is 290 g/mol. The predicted molar refractivity (Wildman–Crippen MR) is 79.1 cm³/mol. The van der Waals surface area contributed by atoms with Crippen LogP contribution >= 0.6 is 0 Å². The highest BCUT2D eigenvalue weighted by molar-refractivity contribution is 7.89. The lowest BCUT2D eigenvalue weighted by atomic mass is 10.0. The highest BCUT2D eigenvalue weighted by atomic mass is 32.2. The third-order valence-electron chi connectivity index (χ3n) is 4.69. The molecule has 0 aromatic heterocycles. The number of ether oxygens (including phenoxy) is 2. The van der Waals surface area contributed by atoms with Crippen molar-refractivity contribution < 1.29 is 17.9 Å². The Morgan fingerprint density at radius 3 is 2.24 bits per heavy atom. The van der Waals surface area contributed by atoms with Crippen LogP contribution in [-0.4, -0.2) is 40.0 Å². The standard InChI is InChI=1S/C15H21NO4S/c1-19-14-7-6-13(8-15(14)20-2)21(17,18)16-9-11-4-3-5-12(11)10-16/h6-8,11-12H,3-5,9-10H2,1-2H3. The summed E-state index contributed by atoms with van der Waals surface area (Å²) >= 11 is 0. The minimum Gasteiger partial charge on any atom is -0.493 e. The molecule has 1 aromatic rings. The first kappa shape index (κ1) is 14.7. The summed E-state index contributed by atoms with van der Waals surface area (Å²) in [5.41, 5.74) is 0. The van der Waals surface area contributed by atoms with E-state index in [4.69, 9.17) is 9.47 Å². The molecule has 1 aliphatic heterocycles. The van der Waals surface area contributed by atoms with E-state index < -0.39 is 10.0 Å². The molecule has 116 valence electrons. The van der Waals surface area contributed by atoms with Gasteiger partial charge in [-0.2, -0.15) is 4.31 Å². The first-order valence-corrected chi connectivity index (χ1v) is 8.72. The number of benzene rings is 1. The fourth-order valence-electron chi connectivity index (χ4n) is 3.51. The Morgan fingerprint density at radius 1 is 1.05 bits per heavy atom. The second-order valence-electron chi connectivity index (χ2n) is 5.79. The van der Waals surface area contributed by atoms with Gasteiger partial charge in [0.15, 0.2) is 11.5 Å². The maximum Gasteiger partial charge on any atom is 0.243 e. The Labute approximate surface area is 125 Å². The van der Waals surface area contributed by atoms with Gasteiger partial charge in [-0.15, -0.1) is 0 Å². The molecule has 0 spiro atoms. The van der Waals surface area contributed by atoms with Crippen LogP contribution in [0, 0.1) is 11.8 Å². The predicted octanol–water partition coefficient (Wildman–Crippen LogP) is 2.12. The minimum absolute atomic E-state index is 0.278. The smallest absolute Gasteiger partial charge is 0.243 e. The van der Waals surface area contributed by atoms with Gasteiger partial charge in [0.05, 0.1) is 19.1 Å². The summed E-state index contributed by atoms with van der Waals surface area (Å²) in [6.07, 6.45) is 3.55. The molecule has 21 heavy (non-hydrogen) atoms. The Kier molecular flexibility index (Phi) is 3.84. The maximum absolute atomic E-state index is 12.8. The Morgan fingerprint density at radius 2 is 1.67 bits per heavy atom. The van der Waals surface area contributed by atoms with Gasteiger partial charge in [-0.1, -0.05) is 6.42 Å². The number of rotatable bonds is 4. The van der Waals surface area contributed by atoms with Crippen molar-refractivity contribution in [3.8, 4) is 11.5 Å². The average Bonchev–Trinajstić information content (AvgIpc) is 3.07. The monoisotopic (exact) mass is 311 g/mol. The second kappa shape index (κ2) is 5.50. The van der Waals surface area contributed by atoms with Gasteiger partial charge < -0.3 is 9.47 Å². The highest BCUT2D eigenvalue weighted by Crippen LogP contribution is 2.40. The summed E-state index contributed by atoms with van der Waals surface area (Å²) in [6, 6.07) is 4.77. The zero-order valence-electron chi connectivity index (χ0n) is 12.4. The number of nitrogens with zero attached hydrogens (tertiary/aromatic N) is 1. The fourth-order valence-corrected chi connectivity index (χ4v) is 5.08. The minimum atomic E-state index is -3.44. The molecule has 1 saturated carbocycles. The molecular formula is C15H21NO4S. The number of methoxy groups -OCH3 is 2. The Bertz CT molecular complexity index is 617. The molecule has 0 bridgehead atoms. The molecule has 1 heterocycles. The van der Waals surface area contributed by atoms with Crippen molar-refractivity contribution in [3.63, 3.8) is 0 Å². The van der Waals surface area contributed by atoms with Crippen LogP contribution in [0.2, 0.25) is 0 Å². The number of hydrogen-bond donors (Lipinski definition) is 0. The topological polar surface area (TPSA) is 55.8 Å². The van der Waals surface area contributed by atoms with Crippen LogP contribution in [0.25, 0.3) is 0 Å². The number of hydrogen-bond acceptors (Lipinski definition) is 4. The van der Waals surface area contributed by atoms with Crippen molar-refractivity contribution in [1.82, 2.24) is 4.31 Å². The zero-order valence-corrected chi connectivity index (χ0v) is 13.2. The molecule has 2 aliphatic rings. The second-order valence-corrected chi connectivity index (χ2v) is 7.73. The molecule has 0 N–H and O–H groups in total. The molecule has 0 amide bonds. The van der Waals surface area contributed by atoms with Gasteiger partial charge in [0.2, 0.25) is 10.0 Å². The molecule has 5 nitrogen and oxygen atoms in total. The fraction of sp³-hybridized carbons (Fsp3) is 0.600. The van der Waals surface area contributed by atoms with Gasteiger partial charge in [-0.3, -0.25) is 0 Å². The van der Waals surface area contributed by atoms with Crippen LogP contribution in [-0.2, 0) is 10.0 Å². The van der Waals surface area contributed by atoms with E-state index in [1.807, 2.05) is 0 Å². The first-order valence-electron chi connectivity index (χ1n) is 7.28. The van der Waals surface area contributed by atoms with E-state index in [9.17, 15) is 8.42 Å². The average molecular weight is 311 g/mol. The normalized spacial score (nSPS) is 25.8. The van der Waals surface area contributed by atoms with Crippen molar-refractivity contribution in [3.05, 3.63) is 18.2 Å². The van der Waals surface area contributed by atoms with Crippen LogP contribution in [0.1, 0.15) is 19.3 Å². The third kappa shape index (κ3) is 2.51. The molecule has 0 radical (unpaired) electrons. The van der Waals surface area contributed by atoms with E-state index in [0.29, 0.717) is 36.4 Å². The zero-order chi connectivity index (χ0) is 15.0. The van der Waals surface area contributed by atoms with Crippen molar-refractivity contribution in [2.24, 2.45) is 11.8 Å². The van der Waals surface area contributed by atoms with Crippen LogP contribution in [0.5, 0.6) is 11.5 Å². The molecule has 1 saturated heterocycles. The number of fused-ring (bicyclic) bond motifs is 1. The Balaban J connectivity index is 1.88. The van der Waals surface area contributed by atoms with Gasteiger partial charge in [0.1, 0.15) is 0 Å². The van der Waals surface area contributed by atoms with Gasteiger partial charge in [-0.25, -0.2) is 8.42 Å². The summed E-state index contributed by atoms with van der Waals surface area (Å²) in [7, 11) is -0.397. The summed E-state index contributed by atoms with van der Waals surface area (Å²) in [6.45, 7) is 1.31. The van der Waals surface area contributed by atoms with Crippen LogP contribution < -0.4 is 9.47 Å². The van der Waals surface area contributed by atoms with E-state index in [1.165, 1.54) is 20.6 Å². The van der Waals surface area contributed by atoms with Gasteiger partial charge >= 0.3 is 0 Å². The third-order valence-corrected chi connectivity index (χ3v) is 6.51. The number of sulfonamides is 1. The van der Waals surface area contributed by atoms with E-state index in [2.05, 4.69) is 0 Å². The van der Waals surface area contributed by atoms with E-state index in [-0.39, 0.29) is 4.90 Å². The molecule has 3 rings (SSSR count). The van der Waals surface area contributed by atoms with Crippen molar-refractivity contribution in [1.29, 1.82) is 0 Å². The SMILES string of the molecule is COc1ccc(S(=O)(=O)N2CC3CCCC3C2)cc1OC. The van der Waals surface area contributed by atoms with Crippen molar-refractivity contribution >= 4 is 10.0 Å². The van der Waals surface area contributed by atoms with Crippen LogP contribution in [0.15, 0.2) is 23.1 Å². The summed E-state index contributed by atoms with van der Waals surface area (Å²) in [5, 5.41) is 0. The van der Waals surface area contributed by atoms with Crippen molar-refractivity contribution in [2.45, 2.75) is 24.2 Å². The molecule has 2 fully saturated rings. The molecule has 6 heteroatoms. The quantitative estimate of drug-likeness (QED) is 0.855. The molecule has 1 aromatic carbocycles. The van der Waals surface area contributed by atoms with Gasteiger partial charge in [0, 0.05) is 19.2 Å². The molecule has 2 unspecified atom stereocenters. The van der Waals surface area contributed by atoms with E-state index >= 15 is 0 Å². The first-order chi connectivity index (χ1) is 10.1. The summed E-state index contributed by atoms with van der Waals surface area (Å²) < 4.78 is 37.5. The lowest BCUT2D eigenvalue weighted by Crippen LogP contribution is -2.29.